The molecule has 0 radical (unpaired) electrons. The molecule has 7 heteroatoms. The number of rotatable bonds is 6. The molecule has 4 rings (SSSR count). The van der Waals surface area contributed by atoms with E-state index in [-0.39, 0.29) is 18.7 Å². The lowest BCUT2D eigenvalue weighted by Crippen LogP contribution is -2.20. The summed E-state index contributed by atoms with van der Waals surface area (Å²) in [5.74, 6) is -1.74. The van der Waals surface area contributed by atoms with Crippen molar-refractivity contribution in [3.05, 3.63) is 82.9 Å². The van der Waals surface area contributed by atoms with E-state index in [0.717, 1.165) is 22.8 Å². The van der Waals surface area contributed by atoms with Crippen molar-refractivity contribution < 1.29 is 18.3 Å². The summed E-state index contributed by atoms with van der Waals surface area (Å²) < 4.78 is 36.3. The van der Waals surface area contributed by atoms with Gasteiger partial charge in [-0.1, -0.05) is 30.3 Å². The standard InChI is InChI=1S/C24H21F2N3O2/c1-14-6-5-7-15(2)17(14)12-29-23-19(11-10-18(25)22(23)26)28-24(29)16-8-3-4-9-20(16)31-13-21(27)30/h3-11H,12-13H2,1-2H3,(H2,27,30). The number of carbonyl (C=O) groups is 1. The number of nitrogens with zero attached hydrogens (tertiary/aromatic N) is 2. The molecule has 1 aromatic heterocycles. The Morgan fingerprint density at radius 2 is 1.74 bits per heavy atom. The van der Waals surface area contributed by atoms with Gasteiger partial charge in [0.15, 0.2) is 18.2 Å². The highest BCUT2D eigenvalue weighted by Crippen LogP contribution is 2.34. The number of amides is 1. The van der Waals surface area contributed by atoms with Crippen molar-refractivity contribution >= 4 is 16.9 Å². The highest BCUT2D eigenvalue weighted by molar-refractivity contribution is 5.83. The van der Waals surface area contributed by atoms with Crippen molar-refractivity contribution in [3.63, 3.8) is 0 Å². The lowest BCUT2D eigenvalue weighted by molar-refractivity contribution is -0.119. The molecule has 0 aliphatic carbocycles. The molecular formula is C24H21F2N3O2. The monoisotopic (exact) mass is 421 g/mol. The van der Waals surface area contributed by atoms with E-state index in [9.17, 15) is 13.6 Å². The number of hydrogen-bond donors (Lipinski definition) is 1. The molecule has 2 N–H and O–H groups in total. The number of halogens is 2. The first-order valence-electron chi connectivity index (χ1n) is 9.76. The van der Waals surface area contributed by atoms with Crippen molar-refractivity contribution in [2.75, 3.05) is 6.61 Å². The maximum atomic E-state index is 14.9. The van der Waals surface area contributed by atoms with Crippen molar-refractivity contribution in [2.45, 2.75) is 20.4 Å². The molecule has 0 atom stereocenters. The molecule has 1 heterocycles. The fraction of sp³-hybridized carbons (Fsp3) is 0.167. The number of primary amides is 1. The molecule has 0 fully saturated rings. The van der Waals surface area contributed by atoms with Crippen LogP contribution in [0.25, 0.3) is 22.4 Å². The largest absolute Gasteiger partial charge is 0.483 e. The SMILES string of the molecule is Cc1cccc(C)c1Cn1c(-c2ccccc2OCC(N)=O)nc2ccc(F)c(F)c21. The Morgan fingerprint density at radius 1 is 1.03 bits per heavy atom. The van der Waals surface area contributed by atoms with E-state index in [1.165, 1.54) is 6.07 Å². The van der Waals surface area contributed by atoms with Gasteiger partial charge in [-0.3, -0.25) is 4.79 Å². The molecule has 0 unspecified atom stereocenters. The molecule has 31 heavy (non-hydrogen) atoms. The summed E-state index contributed by atoms with van der Waals surface area (Å²) in [5, 5.41) is 0. The van der Waals surface area contributed by atoms with Crippen molar-refractivity contribution in [1.29, 1.82) is 0 Å². The molecule has 3 aromatic carbocycles. The number of hydrogen-bond acceptors (Lipinski definition) is 3. The Labute approximate surface area is 178 Å². The highest BCUT2D eigenvalue weighted by atomic mass is 19.2. The maximum absolute atomic E-state index is 14.9. The molecule has 4 aromatic rings. The second kappa shape index (κ2) is 8.18. The maximum Gasteiger partial charge on any atom is 0.255 e. The van der Waals surface area contributed by atoms with Gasteiger partial charge in [-0.25, -0.2) is 13.8 Å². The second-order valence-corrected chi connectivity index (χ2v) is 7.37. The Kier molecular flexibility index (Phi) is 5.42. The van der Waals surface area contributed by atoms with Gasteiger partial charge in [0.1, 0.15) is 17.1 Å². The van der Waals surface area contributed by atoms with Crippen molar-refractivity contribution in [2.24, 2.45) is 5.73 Å². The minimum atomic E-state index is -0.960. The fourth-order valence-corrected chi connectivity index (χ4v) is 3.70. The van der Waals surface area contributed by atoms with Crippen LogP contribution in [0.3, 0.4) is 0 Å². The van der Waals surface area contributed by atoms with E-state index >= 15 is 0 Å². The summed E-state index contributed by atoms with van der Waals surface area (Å²) in [6, 6.07) is 15.4. The number of aromatic nitrogens is 2. The number of ether oxygens (including phenoxy) is 1. The van der Waals surface area contributed by atoms with E-state index in [2.05, 4.69) is 4.98 Å². The quantitative estimate of drug-likeness (QED) is 0.498. The van der Waals surface area contributed by atoms with Crippen LogP contribution in [-0.4, -0.2) is 22.1 Å². The Bertz CT molecular complexity index is 1280. The summed E-state index contributed by atoms with van der Waals surface area (Å²) in [5.41, 5.74) is 9.21. The Balaban J connectivity index is 1.96. The summed E-state index contributed by atoms with van der Waals surface area (Å²) >= 11 is 0. The van der Waals surface area contributed by atoms with Crippen LogP contribution in [0.4, 0.5) is 8.78 Å². The molecular weight excluding hydrogens is 400 g/mol. The predicted octanol–water partition coefficient (Wildman–Crippen LogP) is 4.51. The van der Waals surface area contributed by atoms with Gasteiger partial charge in [-0.05, 0) is 54.8 Å². The summed E-state index contributed by atoms with van der Waals surface area (Å²) in [6.07, 6.45) is 0. The number of para-hydroxylation sites is 1. The van der Waals surface area contributed by atoms with Gasteiger partial charge in [0.25, 0.3) is 5.91 Å². The Hall–Kier alpha value is -3.74. The number of fused-ring (bicyclic) bond motifs is 1. The van der Waals surface area contributed by atoms with Gasteiger partial charge in [-0.2, -0.15) is 0 Å². The normalized spacial score (nSPS) is 11.1. The van der Waals surface area contributed by atoms with E-state index in [1.807, 2.05) is 32.0 Å². The Morgan fingerprint density at radius 3 is 2.45 bits per heavy atom. The molecule has 0 aliphatic heterocycles. The summed E-state index contributed by atoms with van der Waals surface area (Å²) in [6.45, 7) is 3.93. The van der Waals surface area contributed by atoms with Crippen molar-refractivity contribution in [1.82, 2.24) is 9.55 Å². The average molecular weight is 421 g/mol. The number of carbonyl (C=O) groups excluding carboxylic acids is 1. The molecule has 0 aliphatic rings. The van der Waals surface area contributed by atoms with Gasteiger partial charge in [0.05, 0.1) is 17.6 Å². The number of imidazole rings is 1. The first kappa shape index (κ1) is 20.5. The van der Waals surface area contributed by atoms with Gasteiger partial charge in [-0.15, -0.1) is 0 Å². The minimum absolute atomic E-state index is 0.0716. The summed E-state index contributed by atoms with van der Waals surface area (Å²) in [7, 11) is 0. The number of aryl methyl sites for hydroxylation is 2. The molecule has 0 spiro atoms. The van der Waals surface area contributed by atoms with Gasteiger partial charge in [0, 0.05) is 0 Å². The zero-order valence-electron chi connectivity index (χ0n) is 17.2. The third-order valence-electron chi connectivity index (χ3n) is 5.26. The fourth-order valence-electron chi connectivity index (χ4n) is 3.70. The lowest BCUT2D eigenvalue weighted by atomic mass is 10.0. The van der Waals surface area contributed by atoms with Gasteiger partial charge >= 0.3 is 0 Å². The van der Waals surface area contributed by atoms with Crippen LogP contribution >= 0.6 is 0 Å². The van der Waals surface area contributed by atoms with Crippen LogP contribution in [-0.2, 0) is 11.3 Å². The first-order valence-corrected chi connectivity index (χ1v) is 9.76. The van der Waals surface area contributed by atoms with E-state index in [4.69, 9.17) is 10.5 Å². The zero-order chi connectivity index (χ0) is 22.1. The topological polar surface area (TPSA) is 70.1 Å². The average Bonchev–Trinajstić information content (AvgIpc) is 3.11. The number of benzene rings is 3. The van der Waals surface area contributed by atoms with Crippen LogP contribution in [0, 0.1) is 25.5 Å². The van der Waals surface area contributed by atoms with Crippen molar-refractivity contribution in [3.8, 4) is 17.1 Å². The molecule has 0 bridgehead atoms. The second-order valence-electron chi connectivity index (χ2n) is 7.37. The third-order valence-corrected chi connectivity index (χ3v) is 5.26. The summed E-state index contributed by atoms with van der Waals surface area (Å²) in [4.78, 5) is 15.8. The zero-order valence-corrected chi connectivity index (χ0v) is 17.2. The molecule has 1 amide bonds. The molecule has 5 nitrogen and oxygen atoms in total. The molecule has 158 valence electrons. The highest BCUT2D eigenvalue weighted by Gasteiger charge is 2.22. The van der Waals surface area contributed by atoms with E-state index in [1.54, 1.807) is 28.8 Å². The lowest BCUT2D eigenvalue weighted by Gasteiger charge is -2.16. The van der Waals surface area contributed by atoms with Crippen LogP contribution in [0.15, 0.2) is 54.6 Å². The van der Waals surface area contributed by atoms with Crippen LogP contribution < -0.4 is 10.5 Å². The van der Waals surface area contributed by atoms with Crippen LogP contribution in [0.1, 0.15) is 16.7 Å². The van der Waals surface area contributed by atoms with E-state index < -0.39 is 17.5 Å². The third kappa shape index (κ3) is 3.86. The van der Waals surface area contributed by atoms with Gasteiger partial charge in [0.2, 0.25) is 0 Å². The molecule has 0 saturated heterocycles. The minimum Gasteiger partial charge on any atom is -0.483 e. The van der Waals surface area contributed by atoms with Gasteiger partial charge < -0.3 is 15.0 Å². The smallest absolute Gasteiger partial charge is 0.255 e. The van der Waals surface area contributed by atoms with E-state index in [0.29, 0.717) is 22.7 Å². The number of nitrogens with two attached hydrogens (primary N) is 1. The first-order chi connectivity index (χ1) is 14.9. The van der Waals surface area contributed by atoms with Crippen LogP contribution in [0.5, 0.6) is 5.75 Å². The van der Waals surface area contributed by atoms with Crippen LogP contribution in [0.2, 0.25) is 0 Å². The predicted molar refractivity (Wildman–Crippen MR) is 115 cm³/mol. The molecule has 0 saturated carbocycles.